The Morgan fingerprint density at radius 2 is 1.95 bits per heavy atom. The lowest BCUT2D eigenvalue weighted by atomic mass is 10.1. The molecule has 0 aromatic heterocycles. The molecule has 0 saturated heterocycles. The third-order valence-corrected chi connectivity index (χ3v) is 3.35. The molecule has 1 rings (SSSR count). The van der Waals surface area contributed by atoms with Crippen molar-refractivity contribution in [2.45, 2.75) is 39.8 Å². The fraction of sp³-hybridized carbons (Fsp3) is 0.533. The van der Waals surface area contributed by atoms with Crippen LogP contribution >= 0.6 is 0 Å². The van der Waals surface area contributed by atoms with Crippen molar-refractivity contribution in [3.8, 4) is 6.07 Å². The van der Waals surface area contributed by atoms with Gasteiger partial charge in [-0.15, -0.1) is 0 Å². The number of benzene rings is 1. The van der Waals surface area contributed by atoms with E-state index < -0.39 is 4.92 Å². The smallest absolute Gasteiger partial charge is 0.270 e. The molecule has 6 nitrogen and oxygen atoms in total. The molecule has 0 fully saturated rings. The molecule has 0 heterocycles. The summed E-state index contributed by atoms with van der Waals surface area (Å²) in [6, 6.07) is 7.18. The molecule has 0 aliphatic heterocycles. The SMILES string of the molecule is CC(C)N(CCNc1ccc([N+](=O)[O-])cc1C#N)C(C)C. The molecule has 0 amide bonds. The van der Waals surface area contributed by atoms with Gasteiger partial charge in [0.05, 0.1) is 16.2 Å². The van der Waals surface area contributed by atoms with Crippen molar-refractivity contribution in [2.24, 2.45) is 0 Å². The van der Waals surface area contributed by atoms with E-state index >= 15 is 0 Å². The van der Waals surface area contributed by atoms with Gasteiger partial charge in [-0.3, -0.25) is 15.0 Å². The summed E-state index contributed by atoms with van der Waals surface area (Å²) in [5, 5.41) is 23.0. The molecule has 1 aromatic carbocycles. The van der Waals surface area contributed by atoms with E-state index in [1.54, 1.807) is 6.07 Å². The normalized spacial score (nSPS) is 11.0. The van der Waals surface area contributed by atoms with Gasteiger partial charge in [0, 0.05) is 37.3 Å². The number of nitrogens with zero attached hydrogens (tertiary/aromatic N) is 3. The first kappa shape index (κ1) is 16.9. The fourth-order valence-corrected chi connectivity index (χ4v) is 2.32. The van der Waals surface area contributed by atoms with Crippen LogP contribution in [0.4, 0.5) is 11.4 Å². The minimum Gasteiger partial charge on any atom is -0.383 e. The van der Waals surface area contributed by atoms with Crippen LogP contribution in [0.25, 0.3) is 0 Å². The zero-order valence-corrected chi connectivity index (χ0v) is 13.0. The Bertz CT molecular complexity index is 527. The van der Waals surface area contributed by atoms with Gasteiger partial charge in [0.1, 0.15) is 6.07 Å². The van der Waals surface area contributed by atoms with Crippen LogP contribution in [-0.4, -0.2) is 35.0 Å². The highest BCUT2D eigenvalue weighted by atomic mass is 16.6. The Labute approximate surface area is 125 Å². The fourth-order valence-electron chi connectivity index (χ4n) is 2.32. The lowest BCUT2D eigenvalue weighted by Gasteiger charge is -2.30. The molecular formula is C15H22N4O2. The van der Waals surface area contributed by atoms with Gasteiger partial charge in [0.15, 0.2) is 0 Å². The number of hydrogen-bond donors (Lipinski definition) is 1. The Morgan fingerprint density at radius 1 is 1.33 bits per heavy atom. The van der Waals surface area contributed by atoms with E-state index in [9.17, 15) is 10.1 Å². The molecule has 0 aliphatic rings. The summed E-state index contributed by atoms with van der Waals surface area (Å²) in [7, 11) is 0. The van der Waals surface area contributed by atoms with Crippen LogP contribution in [0.3, 0.4) is 0 Å². The quantitative estimate of drug-likeness (QED) is 0.616. The van der Waals surface area contributed by atoms with Crippen LogP contribution in [0.2, 0.25) is 0 Å². The predicted molar refractivity (Wildman–Crippen MR) is 83.3 cm³/mol. The van der Waals surface area contributed by atoms with Crippen molar-refractivity contribution in [1.82, 2.24) is 4.90 Å². The molecular weight excluding hydrogens is 268 g/mol. The Hall–Kier alpha value is -2.13. The van der Waals surface area contributed by atoms with Gasteiger partial charge in [-0.25, -0.2) is 0 Å². The summed E-state index contributed by atoms with van der Waals surface area (Å²) in [6.45, 7) is 10.1. The van der Waals surface area contributed by atoms with E-state index in [0.29, 0.717) is 29.9 Å². The Morgan fingerprint density at radius 3 is 2.43 bits per heavy atom. The first-order valence-corrected chi connectivity index (χ1v) is 7.05. The van der Waals surface area contributed by atoms with Crippen LogP contribution in [0, 0.1) is 21.4 Å². The number of rotatable bonds is 7. The minimum atomic E-state index is -0.496. The molecule has 0 atom stereocenters. The van der Waals surface area contributed by atoms with Crippen molar-refractivity contribution in [1.29, 1.82) is 5.26 Å². The average molecular weight is 290 g/mol. The first-order chi connectivity index (χ1) is 9.86. The maximum absolute atomic E-state index is 10.7. The highest BCUT2D eigenvalue weighted by Crippen LogP contribution is 2.21. The molecule has 1 aromatic rings. The second-order valence-corrected chi connectivity index (χ2v) is 5.45. The van der Waals surface area contributed by atoms with E-state index in [-0.39, 0.29) is 5.69 Å². The van der Waals surface area contributed by atoms with Crippen molar-refractivity contribution < 1.29 is 4.92 Å². The zero-order chi connectivity index (χ0) is 16.0. The van der Waals surface area contributed by atoms with E-state index in [4.69, 9.17) is 5.26 Å². The number of anilines is 1. The van der Waals surface area contributed by atoms with Gasteiger partial charge < -0.3 is 5.32 Å². The van der Waals surface area contributed by atoms with Gasteiger partial charge in [-0.2, -0.15) is 5.26 Å². The number of nitriles is 1. The zero-order valence-electron chi connectivity index (χ0n) is 13.0. The largest absolute Gasteiger partial charge is 0.383 e. The third kappa shape index (κ3) is 4.72. The van der Waals surface area contributed by atoms with Gasteiger partial charge in [0.25, 0.3) is 5.69 Å². The summed E-state index contributed by atoms with van der Waals surface area (Å²) in [6.07, 6.45) is 0. The summed E-state index contributed by atoms with van der Waals surface area (Å²) < 4.78 is 0. The number of nitro groups is 1. The molecule has 6 heteroatoms. The number of hydrogen-bond acceptors (Lipinski definition) is 5. The predicted octanol–water partition coefficient (Wildman–Crippen LogP) is 3.00. The van der Waals surface area contributed by atoms with Crippen molar-refractivity contribution >= 4 is 11.4 Å². The molecule has 0 unspecified atom stereocenters. The summed E-state index contributed by atoms with van der Waals surface area (Å²) in [5.74, 6) is 0. The highest BCUT2D eigenvalue weighted by molar-refractivity contribution is 5.61. The van der Waals surface area contributed by atoms with E-state index in [2.05, 4.69) is 37.9 Å². The molecule has 0 radical (unpaired) electrons. The lowest BCUT2D eigenvalue weighted by Crippen LogP contribution is -2.40. The van der Waals surface area contributed by atoms with E-state index in [1.807, 2.05) is 6.07 Å². The maximum Gasteiger partial charge on any atom is 0.270 e. The number of nitro benzene ring substituents is 1. The van der Waals surface area contributed by atoms with E-state index in [1.165, 1.54) is 12.1 Å². The summed E-state index contributed by atoms with van der Waals surface area (Å²) in [5.41, 5.74) is 0.864. The number of nitrogens with one attached hydrogen (secondary N) is 1. The second kappa shape index (κ2) is 7.60. The molecule has 114 valence electrons. The molecule has 0 bridgehead atoms. The second-order valence-electron chi connectivity index (χ2n) is 5.45. The van der Waals surface area contributed by atoms with Gasteiger partial charge in [0.2, 0.25) is 0 Å². The molecule has 0 saturated carbocycles. The van der Waals surface area contributed by atoms with Crippen molar-refractivity contribution in [3.05, 3.63) is 33.9 Å². The van der Waals surface area contributed by atoms with Crippen LogP contribution < -0.4 is 5.32 Å². The van der Waals surface area contributed by atoms with Crippen molar-refractivity contribution in [2.75, 3.05) is 18.4 Å². The molecule has 0 spiro atoms. The monoisotopic (exact) mass is 290 g/mol. The highest BCUT2D eigenvalue weighted by Gasteiger charge is 2.14. The lowest BCUT2D eigenvalue weighted by molar-refractivity contribution is -0.384. The Kier molecular flexibility index (Phi) is 6.12. The van der Waals surface area contributed by atoms with Crippen LogP contribution in [0.5, 0.6) is 0 Å². The topological polar surface area (TPSA) is 82.2 Å². The van der Waals surface area contributed by atoms with Crippen molar-refractivity contribution in [3.63, 3.8) is 0 Å². The minimum absolute atomic E-state index is 0.0666. The van der Waals surface area contributed by atoms with Gasteiger partial charge in [-0.05, 0) is 33.8 Å². The molecule has 21 heavy (non-hydrogen) atoms. The summed E-state index contributed by atoms with van der Waals surface area (Å²) in [4.78, 5) is 12.5. The van der Waals surface area contributed by atoms with Gasteiger partial charge >= 0.3 is 0 Å². The van der Waals surface area contributed by atoms with Crippen LogP contribution in [0.15, 0.2) is 18.2 Å². The van der Waals surface area contributed by atoms with Crippen LogP contribution in [-0.2, 0) is 0 Å². The molecule has 0 aliphatic carbocycles. The average Bonchev–Trinajstić information content (AvgIpc) is 2.42. The summed E-state index contributed by atoms with van der Waals surface area (Å²) >= 11 is 0. The Balaban J connectivity index is 2.72. The molecule has 1 N–H and O–H groups in total. The first-order valence-electron chi connectivity index (χ1n) is 7.05. The number of non-ortho nitro benzene ring substituents is 1. The van der Waals surface area contributed by atoms with Gasteiger partial charge in [-0.1, -0.05) is 0 Å². The van der Waals surface area contributed by atoms with Crippen LogP contribution in [0.1, 0.15) is 33.3 Å². The third-order valence-electron chi connectivity index (χ3n) is 3.35. The maximum atomic E-state index is 10.7. The van der Waals surface area contributed by atoms with E-state index in [0.717, 1.165) is 6.54 Å². The standard InChI is InChI=1S/C15H22N4O2/c1-11(2)18(12(3)4)8-7-17-15-6-5-14(19(20)21)9-13(15)10-16/h5-6,9,11-12,17H,7-8H2,1-4H3.